The minimum absolute atomic E-state index is 0.0266. The van der Waals surface area contributed by atoms with Crippen LogP contribution in [-0.2, 0) is 4.79 Å². The van der Waals surface area contributed by atoms with Crippen LogP contribution in [0, 0.1) is 5.92 Å². The molecular weight excluding hydrogens is 164 g/mol. The van der Waals surface area contributed by atoms with Crippen LogP contribution in [-0.4, -0.2) is 24.5 Å². The Morgan fingerprint density at radius 2 is 2.23 bits per heavy atom. The molecule has 2 N–H and O–H groups in total. The monoisotopic (exact) mass is 184 g/mol. The molecule has 1 rings (SSSR count). The van der Waals surface area contributed by atoms with Crippen molar-refractivity contribution in [2.75, 3.05) is 6.54 Å². The van der Waals surface area contributed by atoms with Crippen LogP contribution in [0.15, 0.2) is 0 Å². The first-order valence-electron chi connectivity index (χ1n) is 5.17. The standard InChI is InChI=1S/C10H20N2O/c1-4-8-6-11-10(13)9(12-8)5-7(2)3/h7-9,12H,4-6H2,1-3H3,(H,11,13)/t8?,9-/m0/s1. The molecule has 1 aliphatic rings. The lowest BCUT2D eigenvalue weighted by Crippen LogP contribution is -2.58. The molecule has 1 amide bonds. The first-order chi connectivity index (χ1) is 6.13. The summed E-state index contributed by atoms with van der Waals surface area (Å²) in [6.07, 6.45) is 2.01. The third-order valence-electron chi connectivity index (χ3n) is 2.48. The van der Waals surface area contributed by atoms with E-state index in [1.807, 2.05) is 0 Å². The highest BCUT2D eigenvalue weighted by Gasteiger charge is 2.26. The minimum atomic E-state index is 0.0266. The normalized spacial score (nSPS) is 29.1. The molecule has 0 aromatic rings. The lowest BCUT2D eigenvalue weighted by Gasteiger charge is -2.31. The summed E-state index contributed by atoms with van der Waals surface area (Å²) in [7, 11) is 0. The fraction of sp³-hybridized carbons (Fsp3) is 0.900. The predicted octanol–water partition coefficient (Wildman–Crippen LogP) is 0.899. The van der Waals surface area contributed by atoms with E-state index < -0.39 is 0 Å². The van der Waals surface area contributed by atoms with Crippen LogP contribution in [0.3, 0.4) is 0 Å². The molecule has 3 nitrogen and oxygen atoms in total. The summed E-state index contributed by atoms with van der Waals surface area (Å²) in [6.45, 7) is 7.21. The van der Waals surface area contributed by atoms with Crippen molar-refractivity contribution in [1.29, 1.82) is 0 Å². The van der Waals surface area contributed by atoms with E-state index in [2.05, 4.69) is 31.4 Å². The Morgan fingerprint density at radius 1 is 1.54 bits per heavy atom. The van der Waals surface area contributed by atoms with Crippen LogP contribution in [0.4, 0.5) is 0 Å². The van der Waals surface area contributed by atoms with E-state index >= 15 is 0 Å². The first kappa shape index (κ1) is 10.5. The largest absolute Gasteiger partial charge is 0.353 e. The molecule has 1 unspecified atom stereocenters. The van der Waals surface area contributed by atoms with E-state index in [1.165, 1.54) is 0 Å². The summed E-state index contributed by atoms with van der Waals surface area (Å²) in [4.78, 5) is 11.4. The molecule has 2 atom stereocenters. The van der Waals surface area contributed by atoms with E-state index in [9.17, 15) is 4.79 Å². The fourth-order valence-corrected chi connectivity index (χ4v) is 1.67. The van der Waals surface area contributed by atoms with Gasteiger partial charge in [0, 0.05) is 12.6 Å². The van der Waals surface area contributed by atoms with Crippen molar-refractivity contribution in [1.82, 2.24) is 10.6 Å². The molecule has 1 aliphatic heterocycles. The Labute approximate surface area is 80.3 Å². The van der Waals surface area contributed by atoms with Gasteiger partial charge in [-0.25, -0.2) is 0 Å². The maximum atomic E-state index is 11.4. The van der Waals surface area contributed by atoms with Gasteiger partial charge in [0.15, 0.2) is 0 Å². The van der Waals surface area contributed by atoms with Crippen LogP contribution < -0.4 is 10.6 Å². The third-order valence-corrected chi connectivity index (χ3v) is 2.48. The zero-order chi connectivity index (χ0) is 9.84. The molecule has 0 aliphatic carbocycles. The van der Waals surface area contributed by atoms with E-state index in [0.717, 1.165) is 19.4 Å². The first-order valence-corrected chi connectivity index (χ1v) is 5.17. The van der Waals surface area contributed by atoms with Crippen LogP contribution in [0.25, 0.3) is 0 Å². The van der Waals surface area contributed by atoms with Gasteiger partial charge in [0.2, 0.25) is 5.91 Å². The van der Waals surface area contributed by atoms with Crippen LogP contribution in [0.5, 0.6) is 0 Å². The SMILES string of the molecule is CCC1CNC(=O)[C@H](CC(C)C)N1. The van der Waals surface area contributed by atoms with Gasteiger partial charge in [0.05, 0.1) is 6.04 Å². The van der Waals surface area contributed by atoms with Gasteiger partial charge < -0.3 is 10.6 Å². The maximum absolute atomic E-state index is 11.4. The van der Waals surface area contributed by atoms with Crippen molar-refractivity contribution in [2.24, 2.45) is 5.92 Å². The summed E-state index contributed by atoms with van der Waals surface area (Å²) in [6, 6.07) is 0.486. The molecule has 0 bridgehead atoms. The average Bonchev–Trinajstić information content (AvgIpc) is 2.08. The van der Waals surface area contributed by atoms with Gasteiger partial charge in [-0.15, -0.1) is 0 Å². The van der Waals surface area contributed by atoms with Crippen molar-refractivity contribution in [3.05, 3.63) is 0 Å². The quantitative estimate of drug-likeness (QED) is 0.684. The second kappa shape index (κ2) is 4.61. The molecule has 0 saturated carbocycles. The molecule has 0 aromatic heterocycles. The van der Waals surface area contributed by atoms with Crippen LogP contribution in [0.1, 0.15) is 33.6 Å². The molecule has 76 valence electrons. The Hall–Kier alpha value is -0.570. The highest BCUT2D eigenvalue weighted by Crippen LogP contribution is 2.09. The van der Waals surface area contributed by atoms with Gasteiger partial charge >= 0.3 is 0 Å². The topological polar surface area (TPSA) is 41.1 Å². The number of hydrogen-bond donors (Lipinski definition) is 2. The molecule has 13 heavy (non-hydrogen) atoms. The van der Waals surface area contributed by atoms with Gasteiger partial charge in [-0.05, 0) is 18.8 Å². The Kier molecular flexibility index (Phi) is 3.72. The molecule has 1 fully saturated rings. The van der Waals surface area contributed by atoms with E-state index in [-0.39, 0.29) is 11.9 Å². The van der Waals surface area contributed by atoms with Crippen molar-refractivity contribution in [3.63, 3.8) is 0 Å². The third kappa shape index (κ3) is 2.99. The van der Waals surface area contributed by atoms with Crippen molar-refractivity contribution < 1.29 is 4.79 Å². The van der Waals surface area contributed by atoms with Crippen molar-refractivity contribution >= 4 is 5.91 Å². The van der Waals surface area contributed by atoms with Crippen LogP contribution in [0.2, 0.25) is 0 Å². The second-order valence-corrected chi connectivity index (χ2v) is 4.20. The summed E-state index contributed by atoms with van der Waals surface area (Å²) in [5, 5.41) is 6.31. The summed E-state index contributed by atoms with van der Waals surface area (Å²) in [5.74, 6) is 0.734. The van der Waals surface area contributed by atoms with E-state index in [4.69, 9.17) is 0 Å². The number of carbonyl (C=O) groups is 1. The molecule has 1 saturated heterocycles. The van der Waals surface area contributed by atoms with Gasteiger partial charge in [-0.3, -0.25) is 4.79 Å². The highest BCUT2D eigenvalue weighted by atomic mass is 16.2. The predicted molar refractivity (Wildman–Crippen MR) is 53.5 cm³/mol. The molecule has 0 spiro atoms. The zero-order valence-electron chi connectivity index (χ0n) is 8.76. The number of nitrogens with one attached hydrogen (secondary N) is 2. The summed E-state index contributed by atoms with van der Waals surface area (Å²) in [5.41, 5.74) is 0. The Morgan fingerprint density at radius 3 is 2.77 bits per heavy atom. The zero-order valence-corrected chi connectivity index (χ0v) is 8.76. The Balaban J connectivity index is 2.45. The number of amides is 1. The number of hydrogen-bond acceptors (Lipinski definition) is 2. The van der Waals surface area contributed by atoms with Crippen molar-refractivity contribution in [2.45, 2.75) is 45.7 Å². The number of carbonyl (C=O) groups excluding carboxylic acids is 1. The maximum Gasteiger partial charge on any atom is 0.237 e. The fourth-order valence-electron chi connectivity index (χ4n) is 1.67. The highest BCUT2D eigenvalue weighted by molar-refractivity contribution is 5.82. The lowest BCUT2D eigenvalue weighted by molar-refractivity contribution is -0.125. The molecule has 0 radical (unpaired) electrons. The summed E-state index contributed by atoms with van der Waals surface area (Å²) < 4.78 is 0. The number of rotatable bonds is 3. The minimum Gasteiger partial charge on any atom is -0.353 e. The van der Waals surface area contributed by atoms with E-state index in [0.29, 0.717) is 12.0 Å². The molecule has 1 heterocycles. The van der Waals surface area contributed by atoms with E-state index in [1.54, 1.807) is 0 Å². The van der Waals surface area contributed by atoms with Gasteiger partial charge in [-0.1, -0.05) is 20.8 Å². The second-order valence-electron chi connectivity index (χ2n) is 4.20. The summed E-state index contributed by atoms with van der Waals surface area (Å²) >= 11 is 0. The van der Waals surface area contributed by atoms with Gasteiger partial charge in [0.1, 0.15) is 0 Å². The van der Waals surface area contributed by atoms with Gasteiger partial charge in [0.25, 0.3) is 0 Å². The Bertz CT molecular complexity index is 180. The molecule has 3 heteroatoms. The van der Waals surface area contributed by atoms with Crippen LogP contribution >= 0.6 is 0 Å². The number of piperazine rings is 1. The molecular formula is C10H20N2O. The lowest BCUT2D eigenvalue weighted by atomic mass is 9.99. The van der Waals surface area contributed by atoms with Gasteiger partial charge in [-0.2, -0.15) is 0 Å². The average molecular weight is 184 g/mol. The van der Waals surface area contributed by atoms with Crippen molar-refractivity contribution in [3.8, 4) is 0 Å². The molecule has 0 aromatic carbocycles. The smallest absolute Gasteiger partial charge is 0.237 e.